The lowest BCUT2D eigenvalue weighted by molar-refractivity contribution is -0.119. The number of para-hydroxylation sites is 2. The maximum atomic E-state index is 12.7. The van der Waals surface area contributed by atoms with Gasteiger partial charge in [-0.05, 0) is 48.4 Å². The molecule has 0 bridgehead atoms. The minimum atomic E-state index is 0.0786. The number of hydrogen-bond donors (Lipinski definition) is 1. The summed E-state index contributed by atoms with van der Waals surface area (Å²) in [5.74, 6) is 0.986. The van der Waals surface area contributed by atoms with Crippen molar-refractivity contribution in [2.24, 2.45) is 5.92 Å². The average Bonchev–Trinajstić information content (AvgIpc) is 3.04. The van der Waals surface area contributed by atoms with Gasteiger partial charge in [0, 0.05) is 6.54 Å². The highest BCUT2D eigenvalue weighted by Gasteiger charge is 2.22. The number of amides is 1. The number of thioether (sulfide) groups is 1. The van der Waals surface area contributed by atoms with E-state index in [-0.39, 0.29) is 11.9 Å². The summed E-state index contributed by atoms with van der Waals surface area (Å²) in [5.41, 5.74) is 4.78. The molecule has 1 atom stereocenters. The minimum absolute atomic E-state index is 0.0786. The molecule has 1 aromatic heterocycles. The highest BCUT2D eigenvalue weighted by atomic mass is 32.2. The highest BCUT2D eigenvalue weighted by molar-refractivity contribution is 7.99. The van der Waals surface area contributed by atoms with Gasteiger partial charge in [-0.1, -0.05) is 62.0 Å². The summed E-state index contributed by atoms with van der Waals surface area (Å²) < 4.78 is 2.24. The highest BCUT2D eigenvalue weighted by Crippen LogP contribution is 2.30. The SMILES string of the molecule is CC(C)Cn1c(SCC(=O)N[C@H]2CCCc3ccccc32)nc2ccccc21. The summed E-state index contributed by atoms with van der Waals surface area (Å²) in [4.78, 5) is 17.4. The van der Waals surface area contributed by atoms with Gasteiger partial charge in [0.2, 0.25) is 5.91 Å². The number of aryl methyl sites for hydroxylation is 1. The molecule has 1 heterocycles. The number of aromatic nitrogens is 2. The van der Waals surface area contributed by atoms with Crippen LogP contribution in [0.2, 0.25) is 0 Å². The largest absolute Gasteiger partial charge is 0.349 e. The van der Waals surface area contributed by atoms with Crippen LogP contribution in [0.25, 0.3) is 11.0 Å². The number of carbonyl (C=O) groups excluding carboxylic acids is 1. The number of carbonyl (C=O) groups is 1. The lowest BCUT2D eigenvalue weighted by Gasteiger charge is -2.26. The summed E-state index contributed by atoms with van der Waals surface area (Å²) in [7, 11) is 0. The molecule has 0 aliphatic heterocycles. The number of fused-ring (bicyclic) bond motifs is 2. The molecule has 28 heavy (non-hydrogen) atoms. The number of rotatable bonds is 6. The van der Waals surface area contributed by atoms with Gasteiger partial charge in [0.05, 0.1) is 22.8 Å². The molecule has 5 heteroatoms. The van der Waals surface area contributed by atoms with E-state index in [1.165, 1.54) is 22.9 Å². The Hall–Kier alpha value is -2.27. The Kier molecular flexibility index (Phi) is 5.72. The zero-order valence-corrected chi connectivity index (χ0v) is 17.3. The van der Waals surface area contributed by atoms with Crippen LogP contribution in [0.15, 0.2) is 53.7 Å². The van der Waals surface area contributed by atoms with Gasteiger partial charge in [-0.3, -0.25) is 4.79 Å². The number of imidazole rings is 1. The van der Waals surface area contributed by atoms with E-state index in [1.54, 1.807) is 0 Å². The molecule has 1 N–H and O–H groups in total. The van der Waals surface area contributed by atoms with E-state index in [0.29, 0.717) is 11.7 Å². The quantitative estimate of drug-likeness (QED) is 0.601. The fourth-order valence-electron chi connectivity index (χ4n) is 3.98. The number of nitrogens with zero attached hydrogens (tertiary/aromatic N) is 2. The zero-order valence-electron chi connectivity index (χ0n) is 16.5. The van der Waals surface area contributed by atoms with Crippen molar-refractivity contribution in [3.05, 3.63) is 59.7 Å². The monoisotopic (exact) mass is 393 g/mol. The predicted octanol–water partition coefficient (Wildman–Crippen LogP) is 4.98. The van der Waals surface area contributed by atoms with Crippen LogP contribution in [0.5, 0.6) is 0 Å². The van der Waals surface area contributed by atoms with Crippen LogP contribution in [-0.2, 0) is 17.8 Å². The van der Waals surface area contributed by atoms with Gasteiger partial charge in [-0.2, -0.15) is 0 Å². The second kappa shape index (κ2) is 8.39. The molecule has 1 amide bonds. The third-order valence-electron chi connectivity index (χ3n) is 5.20. The summed E-state index contributed by atoms with van der Waals surface area (Å²) >= 11 is 1.53. The Bertz CT molecular complexity index is 979. The predicted molar refractivity (Wildman–Crippen MR) is 116 cm³/mol. The van der Waals surface area contributed by atoms with Crippen molar-refractivity contribution in [1.29, 1.82) is 0 Å². The van der Waals surface area contributed by atoms with Gasteiger partial charge in [0.15, 0.2) is 5.16 Å². The maximum absolute atomic E-state index is 12.7. The first-order valence-corrected chi connectivity index (χ1v) is 11.1. The van der Waals surface area contributed by atoms with E-state index in [9.17, 15) is 4.79 Å². The van der Waals surface area contributed by atoms with Crippen molar-refractivity contribution < 1.29 is 4.79 Å². The molecular weight excluding hydrogens is 366 g/mol. The Balaban J connectivity index is 1.46. The number of nitrogens with one attached hydrogen (secondary N) is 1. The van der Waals surface area contributed by atoms with Crippen molar-refractivity contribution in [3.63, 3.8) is 0 Å². The molecule has 0 unspecified atom stereocenters. The lowest BCUT2D eigenvalue weighted by Crippen LogP contribution is -2.32. The van der Waals surface area contributed by atoms with Gasteiger partial charge in [0.25, 0.3) is 0 Å². The van der Waals surface area contributed by atoms with Crippen LogP contribution in [-0.4, -0.2) is 21.2 Å². The van der Waals surface area contributed by atoms with Crippen LogP contribution in [0, 0.1) is 5.92 Å². The van der Waals surface area contributed by atoms with E-state index < -0.39 is 0 Å². The molecule has 0 fully saturated rings. The fourth-order valence-corrected chi connectivity index (χ4v) is 4.81. The molecule has 146 valence electrons. The number of hydrogen-bond acceptors (Lipinski definition) is 3. The lowest BCUT2D eigenvalue weighted by atomic mass is 9.88. The van der Waals surface area contributed by atoms with E-state index in [1.807, 2.05) is 18.2 Å². The van der Waals surface area contributed by atoms with E-state index in [2.05, 4.69) is 54.1 Å². The molecule has 0 saturated heterocycles. The first-order chi connectivity index (χ1) is 13.6. The van der Waals surface area contributed by atoms with Crippen molar-refractivity contribution in [2.75, 3.05) is 5.75 Å². The van der Waals surface area contributed by atoms with E-state index in [0.717, 1.165) is 42.0 Å². The van der Waals surface area contributed by atoms with Gasteiger partial charge in [-0.15, -0.1) is 0 Å². The van der Waals surface area contributed by atoms with Crippen LogP contribution in [0.1, 0.15) is 43.9 Å². The Morgan fingerprint density at radius 2 is 2.00 bits per heavy atom. The average molecular weight is 394 g/mol. The summed E-state index contributed by atoms with van der Waals surface area (Å²) in [5, 5.41) is 4.17. The fraction of sp³-hybridized carbons (Fsp3) is 0.391. The van der Waals surface area contributed by atoms with Crippen molar-refractivity contribution in [3.8, 4) is 0 Å². The van der Waals surface area contributed by atoms with Crippen molar-refractivity contribution in [2.45, 2.75) is 50.9 Å². The second-order valence-corrected chi connectivity index (χ2v) is 8.83. The number of benzene rings is 2. The maximum Gasteiger partial charge on any atom is 0.230 e. The van der Waals surface area contributed by atoms with Crippen LogP contribution in [0.3, 0.4) is 0 Å². The van der Waals surface area contributed by atoms with E-state index in [4.69, 9.17) is 4.98 Å². The molecule has 1 aliphatic carbocycles. The molecule has 2 aromatic carbocycles. The molecule has 0 spiro atoms. The van der Waals surface area contributed by atoms with Crippen LogP contribution in [0.4, 0.5) is 0 Å². The summed E-state index contributed by atoms with van der Waals surface area (Å²) in [6.45, 7) is 5.31. The van der Waals surface area contributed by atoms with Crippen molar-refractivity contribution in [1.82, 2.24) is 14.9 Å². The molecule has 1 aliphatic rings. The summed E-state index contributed by atoms with van der Waals surface area (Å²) in [6.07, 6.45) is 3.25. The van der Waals surface area contributed by atoms with Crippen LogP contribution < -0.4 is 5.32 Å². The Morgan fingerprint density at radius 3 is 2.86 bits per heavy atom. The summed E-state index contributed by atoms with van der Waals surface area (Å²) in [6, 6.07) is 16.8. The molecule has 4 rings (SSSR count). The van der Waals surface area contributed by atoms with Gasteiger partial charge in [0.1, 0.15) is 0 Å². The topological polar surface area (TPSA) is 46.9 Å². The molecule has 0 saturated carbocycles. The Morgan fingerprint density at radius 1 is 1.21 bits per heavy atom. The Labute approximate surface area is 170 Å². The van der Waals surface area contributed by atoms with Gasteiger partial charge >= 0.3 is 0 Å². The van der Waals surface area contributed by atoms with Crippen molar-refractivity contribution >= 4 is 28.7 Å². The van der Waals surface area contributed by atoms with Crippen LogP contribution >= 0.6 is 11.8 Å². The second-order valence-electron chi connectivity index (χ2n) is 7.89. The third kappa shape index (κ3) is 4.09. The third-order valence-corrected chi connectivity index (χ3v) is 6.18. The van der Waals surface area contributed by atoms with E-state index >= 15 is 0 Å². The van der Waals surface area contributed by atoms with Gasteiger partial charge in [-0.25, -0.2) is 4.98 Å². The smallest absolute Gasteiger partial charge is 0.230 e. The first kappa shape index (κ1) is 19.1. The molecular formula is C23H27N3OS. The molecule has 4 nitrogen and oxygen atoms in total. The molecule has 3 aromatic rings. The minimum Gasteiger partial charge on any atom is -0.349 e. The zero-order chi connectivity index (χ0) is 19.5. The first-order valence-electron chi connectivity index (χ1n) is 10.1. The van der Waals surface area contributed by atoms with Gasteiger partial charge < -0.3 is 9.88 Å². The standard InChI is InChI=1S/C23H27N3OS/c1-16(2)14-26-21-13-6-5-11-20(21)25-23(26)28-15-22(27)24-19-12-7-9-17-8-3-4-10-18(17)19/h3-6,8,10-11,13,16,19H,7,9,12,14-15H2,1-2H3,(H,24,27)/t19-/m0/s1. The normalized spacial score (nSPS) is 16.3. The molecule has 0 radical (unpaired) electrons.